The van der Waals surface area contributed by atoms with E-state index in [4.69, 9.17) is 0 Å². The maximum atomic E-state index is 10.1. The van der Waals surface area contributed by atoms with Crippen LogP contribution in [0.5, 0.6) is 0 Å². The van der Waals surface area contributed by atoms with Crippen molar-refractivity contribution in [1.29, 1.82) is 5.26 Å². The number of nitriles is 1. The molecule has 0 spiro atoms. The molecule has 27 heavy (non-hydrogen) atoms. The van der Waals surface area contributed by atoms with E-state index in [1.807, 2.05) is 0 Å². The van der Waals surface area contributed by atoms with Crippen molar-refractivity contribution in [3.63, 3.8) is 0 Å². The molecule has 1 heteroatoms. The van der Waals surface area contributed by atoms with Crippen LogP contribution < -0.4 is 0 Å². The topological polar surface area (TPSA) is 23.8 Å². The number of unbranched alkanes of at least 4 members (excludes halogenated alkanes) is 3. The fourth-order valence-electron chi connectivity index (χ4n) is 7.16. The predicted molar refractivity (Wildman–Crippen MR) is 115 cm³/mol. The first kappa shape index (κ1) is 21.2. The third-order valence-corrected chi connectivity index (χ3v) is 8.85. The second-order valence-electron chi connectivity index (χ2n) is 10.6. The summed E-state index contributed by atoms with van der Waals surface area (Å²) < 4.78 is 0. The Hall–Kier alpha value is -0.510. The molecule has 0 aromatic carbocycles. The molecule has 0 aliphatic heterocycles. The summed E-state index contributed by atoms with van der Waals surface area (Å²) in [6.07, 6.45) is 23.7. The summed E-state index contributed by atoms with van der Waals surface area (Å²) in [6.45, 7) is 4.64. The Morgan fingerprint density at radius 1 is 0.778 bits per heavy atom. The van der Waals surface area contributed by atoms with E-state index >= 15 is 0 Å². The van der Waals surface area contributed by atoms with Crippen molar-refractivity contribution in [2.24, 2.45) is 35.0 Å². The van der Waals surface area contributed by atoms with Crippen molar-refractivity contribution in [3.05, 3.63) is 0 Å². The third kappa shape index (κ3) is 5.31. The van der Waals surface area contributed by atoms with E-state index in [0.29, 0.717) is 0 Å². The second-order valence-corrected chi connectivity index (χ2v) is 10.6. The standard InChI is InChI=1S/C26H45N/c1-3-5-6-7-9-22-12-15-25-18-24(16-17-26(25,19-22)20-27)23-13-10-21(8-4-2)11-14-23/h21-25H,3-19H2,1-2H3/t21?,22-,23?,24?,25-,26-/m1/s1. The van der Waals surface area contributed by atoms with Gasteiger partial charge in [-0.05, 0) is 74.5 Å². The van der Waals surface area contributed by atoms with Gasteiger partial charge >= 0.3 is 0 Å². The average molecular weight is 372 g/mol. The van der Waals surface area contributed by atoms with Gasteiger partial charge in [-0.25, -0.2) is 0 Å². The van der Waals surface area contributed by atoms with Crippen LogP contribution >= 0.6 is 0 Å². The van der Waals surface area contributed by atoms with Crippen LogP contribution in [0.25, 0.3) is 0 Å². The van der Waals surface area contributed by atoms with Crippen molar-refractivity contribution in [2.75, 3.05) is 0 Å². The SMILES string of the molecule is CCCCCC[C@@H]1CC[C@@H]2CC(C3CCC(CCC)CC3)CC[C@]2(C#N)C1. The first-order valence-corrected chi connectivity index (χ1v) is 12.6. The fraction of sp³-hybridized carbons (Fsp3) is 0.962. The zero-order chi connectivity index (χ0) is 19.1. The van der Waals surface area contributed by atoms with E-state index in [1.165, 1.54) is 109 Å². The third-order valence-electron chi connectivity index (χ3n) is 8.85. The van der Waals surface area contributed by atoms with E-state index in [1.54, 1.807) is 0 Å². The Balaban J connectivity index is 1.49. The summed E-state index contributed by atoms with van der Waals surface area (Å²) in [5.74, 6) is 4.53. The van der Waals surface area contributed by atoms with Gasteiger partial charge < -0.3 is 0 Å². The Bertz CT molecular complexity index is 469. The molecule has 0 radical (unpaired) electrons. The molecule has 154 valence electrons. The molecule has 0 aromatic rings. The molecule has 1 nitrogen and oxygen atoms in total. The molecule has 3 fully saturated rings. The molecule has 0 aromatic heterocycles. The minimum Gasteiger partial charge on any atom is -0.198 e. The monoisotopic (exact) mass is 371 g/mol. The summed E-state index contributed by atoms with van der Waals surface area (Å²) in [4.78, 5) is 0. The van der Waals surface area contributed by atoms with Gasteiger partial charge in [0.25, 0.3) is 0 Å². The Morgan fingerprint density at radius 2 is 1.56 bits per heavy atom. The molecule has 4 atom stereocenters. The molecule has 0 N–H and O–H groups in total. The van der Waals surface area contributed by atoms with Crippen LogP contribution in [0.4, 0.5) is 0 Å². The zero-order valence-electron chi connectivity index (χ0n) is 18.4. The summed E-state index contributed by atoms with van der Waals surface area (Å²) in [6, 6.07) is 2.90. The molecule has 3 aliphatic carbocycles. The van der Waals surface area contributed by atoms with E-state index in [9.17, 15) is 5.26 Å². The highest BCUT2D eigenvalue weighted by Crippen LogP contribution is 2.56. The lowest BCUT2D eigenvalue weighted by Gasteiger charge is -2.50. The zero-order valence-corrected chi connectivity index (χ0v) is 18.4. The van der Waals surface area contributed by atoms with Crippen molar-refractivity contribution >= 4 is 0 Å². The second kappa shape index (κ2) is 10.3. The lowest BCUT2D eigenvalue weighted by Crippen LogP contribution is -2.42. The van der Waals surface area contributed by atoms with Crippen LogP contribution in [0.1, 0.15) is 123 Å². The Morgan fingerprint density at radius 3 is 2.26 bits per heavy atom. The summed E-state index contributed by atoms with van der Waals surface area (Å²) in [5.41, 5.74) is 0.0591. The van der Waals surface area contributed by atoms with Crippen LogP contribution in [0.15, 0.2) is 0 Å². The molecule has 0 amide bonds. The first-order valence-electron chi connectivity index (χ1n) is 12.6. The van der Waals surface area contributed by atoms with Crippen molar-refractivity contribution in [3.8, 4) is 6.07 Å². The summed E-state index contributed by atoms with van der Waals surface area (Å²) in [5, 5.41) is 10.1. The van der Waals surface area contributed by atoms with Crippen LogP contribution in [-0.2, 0) is 0 Å². The normalized spacial score (nSPS) is 39.5. The lowest BCUT2D eigenvalue weighted by molar-refractivity contribution is 0.0146. The minimum absolute atomic E-state index is 0.0591. The van der Waals surface area contributed by atoms with E-state index in [-0.39, 0.29) is 5.41 Å². The number of hydrogen-bond acceptors (Lipinski definition) is 1. The smallest absolute Gasteiger partial charge is 0.0692 e. The van der Waals surface area contributed by atoms with Crippen LogP contribution in [0, 0.1) is 46.3 Å². The van der Waals surface area contributed by atoms with Gasteiger partial charge in [-0.2, -0.15) is 5.26 Å². The highest BCUT2D eigenvalue weighted by molar-refractivity contribution is 5.09. The van der Waals surface area contributed by atoms with Gasteiger partial charge in [-0.1, -0.05) is 78.1 Å². The van der Waals surface area contributed by atoms with Gasteiger partial charge in [-0.15, -0.1) is 0 Å². The number of nitrogens with zero attached hydrogens (tertiary/aromatic N) is 1. The highest BCUT2D eigenvalue weighted by atomic mass is 14.5. The van der Waals surface area contributed by atoms with E-state index in [2.05, 4.69) is 19.9 Å². The largest absolute Gasteiger partial charge is 0.198 e. The van der Waals surface area contributed by atoms with Crippen molar-refractivity contribution < 1.29 is 0 Å². The predicted octanol–water partition coefficient (Wildman–Crippen LogP) is 8.29. The quantitative estimate of drug-likeness (QED) is 0.394. The van der Waals surface area contributed by atoms with Gasteiger partial charge in [0.1, 0.15) is 0 Å². The van der Waals surface area contributed by atoms with Gasteiger partial charge in [0.05, 0.1) is 11.5 Å². The molecule has 3 saturated carbocycles. The number of rotatable bonds is 8. The first-order chi connectivity index (χ1) is 13.2. The molecule has 3 aliphatic rings. The highest BCUT2D eigenvalue weighted by Gasteiger charge is 2.48. The van der Waals surface area contributed by atoms with Crippen molar-refractivity contribution in [2.45, 2.75) is 123 Å². The van der Waals surface area contributed by atoms with E-state index < -0.39 is 0 Å². The molecular weight excluding hydrogens is 326 g/mol. The van der Waals surface area contributed by atoms with Gasteiger partial charge in [0, 0.05) is 0 Å². The molecule has 0 heterocycles. The maximum Gasteiger partial charge on any atom is 0.0692 e. The number of fused-ring (bicyclic) bond motifs is 1. The fourth-order valence-corrected chi connectivity index (χ4v) is 7.16. The molecule has 0 bridgehead atoms. The van der Waals surface area contributed by atoms with Gasteiger partial charge in [0.15, 0.2) is 0 Å². The number of hydrogen-bond donors (Lipinski definition) is 0. The molecule has 0 saturated heterocycles. The van der Waals surface area contributed by atoms with E-state index in [0.717, 1.165) is 29.6 Å². The minimum atomic E-state index is 0.0591. The Kier molecular flexibility index (Phi) is 8.10. The maximum absolute atomic E-state index is 10.1. The van der Waals surface area contributed by atoms with Crippen LogP contribution in [0.2, 0.25) is 0 Å². The van der Waals surface area contributed by atoms with Crippen molar-refractivity contribution in [1.82, 2.24) is 0 Å². The molecule has 3 rings (SSSR count). The van der Waals surface area contributed by atoms with Crippen LogP contribution in [-0.4, -0.2) is 0 Å². The molecule has 1 unspecified atom stereocenters. The summed E-state index contributed by atoms with van der Waals surface area (Å²) in [7, 11) is 0. The summed E-state index contributed by atoms with van der Waals surface area (Å²) >= 11 is 0. The lowest BCUT2D eigenvalue weighted by atomic mass is 9.53. The Labute approximate surface area is 169 Å². The average Bonchev–Trinajstić information content (AvgIpc) is 2.71. The van der Waals surface area contributed by atoms with Gasteiger partial charge in [-0.3, -0.25) is 0 Å². The van der Waals surface area contributed by atoms with Gasteiger partial charge in [0.2, 0.25) is 0 Å². The van der Waals surface area contributed by atoms with Crippen LogP contribution in [0.3, 0.4) is 0 Å². The molecular formula is C26H45N.